The maximum atomic E-state index is 11.5. The van der Waals surface area contributed by atoms with Gasteiger partial charge in [-0.15, -0.1) is 0 Å². The largest absolute Gasteiger partial charge is 0.382 e. The normalized spacial score (nSPS) is 14.1. The van der Waals surface area contributed by atoms with Gasteiger partial charge in [-0.1, -0.05) is 12.1 Å². The van der Waals surface area contributed by atoms with Gasteiger partial charge in [0.1, 0.15) is 0 Å². The van der Waals surface area contributed by atoms with Crippen molar-refractivity contribution in [1.82, 2.24) is 5.32 Å². The van der Waals surface area contributed by atoms with E-state index in [0.29, 0.717) is 12.6 Å². The molecule has 1 aliphatic rings. The highest BCUT2D eigenvalue weighted by Crippen LogP contribution is 2.24. The number of fused-ring (bicyclic) bond motifs is 1. The summed E-state index contributed by atoms with van der Waals surface area (Å²) in [6.07, 6.45) is 0. The molecule has 2 N–H and O–H groups in total. The third kappa shape index (κ3) is 1.45. The molecule has 1 heterocycles. The van der Waals surface area contributed by atoms with Crippen LogP contribution in [-0.4, -0.2) is 11.9 Å². The monoisotopic (exact) mass is 190 g/mol. The molecule has 0 radical (unpaired) electrons. The van der Waals surface area contributed by atoms with E-state index in [-0.39, 0.29) is 5.91 Å². The first kappa shape index (κ1) is 9.06. The molecule has 1 aromatic rings. The molecule has 0 spiro atoms. The Morgan fingerprint density at radius 1 is 1.43 bits per heavy atom. The minimum Gasteiger partial charge on any atom is -0.382 e. The van der Waals surface area contributed by atoms with Crippen LogP contribution in [0.1, 0.15) is 29.8 Å². The van der Waals surface area contributed by atoms with Crippen LogP contribution in [0.15, 0.2) is 18.2 Å². The van der Waals surface area contributed by atoms with Gasteiger partial charge in [-0.25, -0.2) is 0 Å². The van der Waals surface area contributed by atoms with E-state index >= 15 is 0 Å². The van der Waals surface area contributed by atoms with Gasteiger partial charge < -0.3 is 10.6 Å². The first-order valence-electron chi connectivity index (χ1n) is 4.85. The molecule has 1 aliphatic heterocycles. The van der Waals surface area contributed by atoms with Crippen molar-refractivity contribution in [2.45, 2.75) is 26.4 Å². The van der Waals surface area contributed by atoms with Gasteiger partial charge >= 0.3 is 0 Å². The highest BCUT2D eigenvalue weighted by Gasteiger charge is 2.21. The van der Waals surface area contributed by atoms with E-state index in [9.17, 15) is 4.79 Å². The van der Waals surface area contributed by atoms with Gasteiger partial charge in [-0.3, -0.25) is 4.79 Å². The van der Waals surface area contributed by atoms with Crippen molar-refractivity contribution in [3.05, 3.63) is 29.3 Å². The second kappa shape index (κ2) is 3.33. The van der Waals surface area contributed by atoms with E-state index < -0.39 is 0 Å². The van der Waals surface area contributed by atoms with Crippen LogP contribution >= 0.6 is 0 Å². The molecule has 0 aromatic heterocycles. The lowest BCUT2D eigenvalue weighted by Crippen LogP contribution is -2.16. The molecule has 0 unspecified atom stereocenters. The highest BCUT2D eigenvalue weighted by atomic mass is 16.1. The summed E-state index contributed by atoms with van der Waals surface area (Å²) in [4.78, 5) is 11.5. The second-order valence-electron chi connectivity index (χ2n) is 3.82. The van der Waals surface area contributed by atoms with Gasteiger partial charge in [-0.2, -0.15) is 0 Å². The number of rotatable bonds is 2. The molecule has 0 atom stereocenters. The third-order valence-electron chi connectivity index (χ3n) is 2.26. The Hall–Kier alpha value is -1.51. The first-order valence-corrected chi connectivity index (χ1v) is 4.85. The molecule has 3 nitrogen and oxygen atoms in total. The fourth-order valence-electron chi connectivity index (χ4n) is 1.71. The predicted molar refractivity (Wildman–Crippen MR) is 56.4 cm³/mol. The Bertz CT molecular complexity index is 372. The number of hydrogen-bond donors (Lipinski definition) is 2. The van der Waals surface area contributed by atoms with Crippen LogP contribution in [0.5, 0.6) is 0 Å². The number of anilines is 1. The van der Waals surface area contributed by atoms with Gasteiger partial charge in [0.2, 0.25) is 0 Å². The summed E-state index contributed by atoms with van der Waals surface area (Å²) >= 11 is 0. The quantitative estimate of drug-likeness (QED) is 0.746. The molecule has 0 saturated heterocycles. The Kier molecular flexibility index (Phi) is 2.15. The van der Waals surface area contributed by atoms with Crippen LogP contribution in [0.4, 0.5) is 5.69 Å². The third-order valence-corrected chi connectivity index (χ3v) is 2.26. The zero-order valence-corrected chi connectivity index (χ0v) is 8.42. The molecule has 14 heavy (non-hydrogen) atoms. The summed E-state index contributed by atoms with van der Waals surface area (Å²) < 4.78 is 0. The van der Waals surface area contributed by atoms with Gasteiger partial charge in [0.05, 0.1) is 5.56 Å². The van der Waals surface area contributed by atoms with Crippen molar-refractivity contribution in [2.75, 3.05) is 5.32 Å². The van der Waals surface area contributed by atoms with Crippen molar-refractivity contribution in [2.24, 2.45) is 0 Å². The highest BCUT2D eigenvalue weighted by molar-refractivity contribution is 6.03. The number of carbonyl (C=O) groups excluding carboxylic acids is 1. The van der Waals surface area contributed by atoms with Crippen LogP contribution < -0.4 is 10.6 Å². The minimum absolute atomic E-state index is 0.0313. The van der Waals surface area contributed by atoms with Gasteiger partial charge in [0, 0.05) is 18.3 Å². The summed E-state index contributed by atoms with van der Waals surface area (Å²) in [6, 6.07) is 6.25. The average Bonchev–Trinajstić information content (AvgIpc) is 2.48. The van der Waals surface area contributed by atoms with E-state index in [1.165, 1.54) is 0 Å². The standard InChI is InChI=1S/C11H14N2O/c1-7(2)13-9-5-3-4-8-6-12-11(14)10(8)9/h3-5,7,13H,6H2,1-2H3,(H,12,14). The molecular formula is C11H14N2O. The molecule has 1 aromatic carbocycles. The summed E-state index contributed by atoms with van der Waals surface area (Å²) in [5.41, 5.74) is 2.83. The second-order valence-corrected chi connectivity index (χ2v) is 3.82. The zero-order valence-electron chi connectivity index (χ0n) is 8.42. The fraction of sp³-hybridized carbons (Fsp3) is 0.364. The van der Waals surface area contributed by atoms with Gasteiger partial charge in [0.25, 0.3) is 5.91 Å². The van der Waals surface area contributed by atoms with Gasteiger partial charge in [-0.05, 0) is 25.5 Å². The van der Waals surface area contributed by atoms with Crippen molar-refractivity contribution >= 4 is 11.6 Å². The van der Waals surface area contributed by atoms with Crippen LogP contribution in [0.3, 0.4) is 0 Å². The van der Waals surface area contributed by atoms with E-state index in [1.807, 2.05) is 18.2 Å². The van der Waals surface area contributed by atoms with Crippen molar-refractivity contribution in [3.63, 3.8) is 0 Å². The van der Waals surface area contributed by atoms with E-state index in [4.69, 9.17) is 0 Å². The molecule has 3 heteroatoms. The average molecular weight is 190 g/mol. The first-order chi connectivity index (χ1) is 6.68. The predicted octanol–water partition coefficient (Wildman–Crippen LogP) is 1.75. The summed E-state index contributed by atoms with van der Waals surface area (Å²) in [5.74, 6) is 0.0313. The molecule has 0 bridgehead atoms. The molecule has 0 aliphatic carbocycles. The molecule has 0 saturated carbocycles. The molecule has 74 valence electrons. The smallest absolute Gasteiger partial charge is 0.253 e. The Balaban J connectivity index is 2.41. The van der Waals surface area contributed by atoms with Crippen molar-refractivity contribution in [3.8, 4) is 0 Å². The van der Waals surface area contributed by atoms with E-state index in [2.05, 4.69) is 24.5 Å². The van der Waals surface area contributed by atoms with E-state index in [0.717, 1.165) is 16.8 Å². The Labute approximate surface area is 83.5 Å². The summed E-state index contributed by atoms with van der Waals surface area (Å²) in [7, 11) is 0. The fourth-order valence-corrected chi connectivity index (χ4v) is 1.71. The Morgan fingerprint density at radius 2 is 2.21 bits per heavy atom. The maximum Gasteiger partial charge on any atom is 0.253 e. The lowest BCUT2D eigenvalue weighted by Gasteiger charge is -2.12. The SMILES string of the molecule is CC(C)Nc1cccc2c1C(=O)NC2. The zero-order chi connectivity index (χ0) is 10.1. The molecular weight excluding hydrogens is 176 g/mol. The maximum absolute atomic E-state index is 11.5. The number of benzene rings is 1. The van der Waals surface area contributed by atoms with Crippen LogP contribution in [0.25, 0.3) is 0 Å². The summed E-state index contributed by atoms with van der Waals surface area (Å²) in [5, 5.41) is 6.09. The van der Waals surface area contributed by atoms with Crippen LogP contribution in [-0.2, 0) is 6.54 Å². The lowest BCUT2D eigenvalue weighted by atomic mass is 10.1. The number of carbonyl (C=O) groups is 1. The number of hydrogen-bond acceptors (Lipinski definition) is 2. The molecule has 2 rings (SSSR count). The molecule has 1 amide bonds. The molecule has 0 fully saturated rings. The lowest BCUT2D eigenvalue weighted by molar-refractivity contribution is 0.0966. The number of nitrogens with one attached hydrogen (secondary N) is 2. The van der Waals surface area contributed by atoms with Gasteiger partial charge in [0.15, 0.2) is 0 Å². The van der Waals surface area contributed by atoms with Crippen molar-refractivity contribution in [1.29, 1.82) is 0 Å². The Morgan fingerprint density at radius 3 is 2.93 bits per heavy atom. The van der Waals surface area contributed by atoms with Crippen molar-refractivity contribution < 1.29 is 4.79 Å². The van der Waals surface area contributed by atoms with Crippen LogP contribution in [0.2, 0.25) is 0 Å². The topological polar surface area (TPSA) is 41.1 Å². The van der Waals surface area contributed by atoms with E-state index in [1.54, 1.807) is 0 Å². The minimum atomic E-state index is 0.0313. The summed E-state index contributed by atoms with van der Waals surface area (Å²) in [6.45, 7) is 4.78. The number of amides is 1. The van der Waals surface area contributed by atoms with Crippen LogP contribution in [0, 0.1) is 0 Å².